The normalized spacial score (nSPS) is 11.2. The number of rotatable bonds is 51. The van der Waals surface area contributed by atoms with E-state index in [0.29, 0.717) is 6.42 Å². The molecule has 0 saturated heterocycles. The van der Waals surface area contributed by atoms with E-state index in [1.165, 1.54) is 250 Å². The summed E-state index contributed by atoms with van der Waals surface area (Å²) in [4.78, 5) is 31.8. The Bertz CT molecular complexity index is 875. The van der Waals surface area contributed by atoms with Crippen molar-refractivity contribution < 1.29 is 39.5 Å². The number of hydrogen-bond donors (Lipinski definition) is 2. The number of carbonyl (C=O) groups is 3. The van der Waals surface area contributed by atoms with Gasteiger partial charge in [0.1, 0.15) is 12.7 Å². The first kappa shape index (κ1) is 72.1. The number of ether oxygens (including phenoxy) is 1. The number of aliphatic hydroxyl groups is 2. The van der Waals surface area contributed by atoms with Crippen molar-refractivity contribution in [2.24, 2.45) is 0 Å². The zero-order chi connectivity index (χ0) is 48.4. The molecule has 0 saturated carbocycles. The van der Waals surface area contributed by atoms with Crippen molar-refractivity contribution in [3.05, 3.63) is 0 Å². The van der Waals surface area contributed by atoms with Gasteiger partial charge in [-0.05, 0) is 32.1 Å². The summed E-state index contributed by atoms with van der Waals surface area (Å²) in [7, 11) is 0. The van der Waals surface area contributed by atoms with Crippen LogP contribution >= 0.6 is 0 Å². The fourth-order valence-electron chi connectivity index (χ4n) is 8.24. The SMILES string of the molecule is CCCCCCCCCCCCCCCCCC(=O)OCC(O)CO.CCCCCCCCCCCCCCCCCC(=O)[O-].CCCCCCCCCCCCCCCCCC(=O)[O-].[Ca+2]. The number of carboxylic acids is 2. The van der Waals surface area contributed by atoms with Crippen LogP contribution in [0.2, 0.25) is 0 Å². The molecule has 0 radical (unpaired) electrons. The van der Waals surface area contributed by atoms with Gasteiger partial charge in [0.05, 0.1) is 6.61 Å². The molecule has 9 heteroatoms. The Balaban J connectivity index is -0.000000438. The van der Waals surface area contributed by atoms with Crippen LogP contribution in [0.1, 0.15) is 329 Å². The minimum Gasteiger partial charge on any atom is -0.550 e. The number of carboxylic acid groups (broad SMARTS) is 2. The van der Waals surface area contributed by atoms with Gasteiger partial charge < -0.3 is 34.8 Å². The maximum Gasteiger partial charge on any atom is 2.00 e. The minimum atomic E-state index is -0.954. The van der Waals surface area contributed by atoms with E-state index >= 15 is 0 Å². The number of aliphatic hydroxyl groups excluding tert-OH is 2. The zero-order valence-electron chi connectivity index (χ0n) is 44.5. The summed E-state index contributed by atoms with van der Waals surface area (Å²) in [6.07, 6.45) is 58.7. The van der Waals surface area contributed by atoms with Gasteiger partial charge in [0, 0.05) is 18.4 Å². The average molecular weight is 966 g/mol. The number of esters is 1. The molecule has 66 heavy (non-hydrogen) atoms. The van der Waals surface area contributed by atoms with Gasteiger partial charge >= 0.3 is 43.7 Å². The van der Waals surface area contributed by atoms with Crippen LogP contribution in [0, 0.1) is 0 Å². The molecule has 1 unspecified atom stereocenters. The monoisotopic (exact) mass is 965 g/mol. The molecule has 0 spiro atoms. The Kier molecular flexibility index (Phi) is 72.9. The quantitative estimate of drug-likeness (QED) is 0.0348. The van der Waals surface area contributed by atoms with Gasteiger partial charge in [-0.25, -0.2) is 0 Å². The maximum absolute atomic E-state index is 11.4. The number of hydrogen-bond acceptors (Lipinski definition) is 8. The molecule has 0 amide bonds. The first-order valence-corrected chi connectivity index (χ1v) is 28.6. The average Bonchev–Trinajstić information content (AvgIpc) is 3.29. The Morgan fingerprint density at radius 3 is 0.712 bits per heavy atom. The molecule has 8 nitrogen and oxygen atoms in total. The van der Waals surface area contributed by atoms with Gasteiger partial charge in [0.2, 0.25) is 0 Å². The number of carbonyl (C=O) groups excluding carboxylic acids is 3. The summed E-state index contributed by atoms with van der Waals surface area (Å²) in [5.41, 5.74) is 0. The van der Waals surface area contributed by atoms with E-state index in [1.807, 2.05) is 0 Å². The summed E-state index contributed by atoms with van der Waals surface area (Å²) in [6.45, 7) is 6.33. The molecular formula is C57H112CaO8. The molecule has 0 aliphatic rings. The van der Waals surface area contributed by atoms with Crippen LogP contribution in [-0.2, 0) is 19.1 Å². The molecule has 1 atom stereocenters. The van der Waals surface area contributed by atoms with Gasteiger partial charge in [-0.3, -0.25) is 4.79 Å². The topological polar surface area (TPSA) is 147 Å². The van der Waals surface area contributed by atoms with Crippen LogP contribution in [-0.4, -0.2) is 85.2 Å². The molecule has 0 aliphatic heterocycles. The summed E-state index contributed by atoms with van der Waals surface area (Å²) in [5, 5.41) is 38.2. The predicted molar refractivity (Wildman–Crippen MR) is 278 cm³/mol. The molecule has 0 heterocycles. The summed E-state index contributed by atoms with van der Waals surface area (Å²) < 4.78 is 4.86. The van der Waals surface area contributed by atoms with Crippen molar-refractivity contribution in [3.63, 3.8) is 0 Å². The van der Waals surface area contributed by atoms with E-state index in [2.05, 4.69) is 20.8 Å². The van der Waals surface area contributed by atoms with Crippen LogP contribution in [0.3, 0.4) is 0 Å². The largest absolute Gasteiger partial charge is 2.00 e. The van der Waals surface area contributed by atoms with Crippen molar-refractivity contribution in [1.82, 2.24) is 0 Å². The predicted octanol–water partition coefficient (Wildman–Crippen LogP) is 14.8. The first-order chi connectivity index (χ1) is 31.7. The van der Waals surface area contributed by atoms with E-state index in [1.54, 1.807) is 0 Å². The second-order valence-corrected chi connectivity index (χ2v) is 19.4. The number of aliphatic carboxylic acids is 2. The third-order valence-electron chi connectivity index (χ3n) is 12.6. The van der Waals surface area contributed by atoms with Crippen LogP contribution in [0.25, 0.3) is 0 Å². The summed E-state index contributed by atoms with van der Waals surface area (Å²) in [6, 6.07) is 0. The van der Waals surface area contributed by atoms with Crippen molar-refractivity contribution in [1.29, 1.82) is 0 Å². The molecule has 390 valence electrons. The molecule has 0 rings (SSSR count). The van der Waals surface area contributed by atoms with Gasteiger partial charge in [-0.15, -0.1) is 0 Å². The Labute approximate surface area is 440 Å². The minimum absolute atomic E-state index is 0. The Morgan fingerprint density at radius 1 is 0.348 bits per heavy atom. The van der Waals surface area contributed by atoms with Gasteiger partial charge in [-0.1, -0.05) is 290 Å². The molecule has 0 aliphatic carbocycles. The Morgan fingerprint density at radius 2 is 0.530 bits per heavy atom. The fraction of sp³-hybridized carbons (Fsp3) is 0.947. The van der Waals surface area contributed by atoms with E-state index in [4.69, 9.17) is 14.9 Å². The van der Waals surface area contributed by atoms with Gasteiger partial charge in [0.15, 0.2) is 0 Å². The van der Waals surface area contributed by atoms with E-state index < -0.39 is 18.0 Å². The Hall–Kier alpha value is -0.410. The van der Waals surface area contributed by atoms with Gasteiger partial charge in [-0.2, -0.15) is 0 Å². The van der Waals surface area contributed by atoms with Crippen LogP contribution in [0.4, 0.5) is 0 Å². The smallest absolute Gasteiger partial charge is 0.550 e. The molecule has 0 bridgehead atoms. The summed E-state index contributed by atoms with van der Waals surface area (Å²) in [5.74, 6) is -2.08. The maximum atomic E-state index is 11.4. The van der Waals surface area contributed by atoms with Crippen LogP contribution in [0.5, 0.6) is 0 Å². The molecule has 0 fully saturated rings. The number of unbranched alkanes of at least 4 members (excludes halogenated alkanes) is 42. The van der Waals surface area contributed by atoms with Crippen molar-refractivity contribution >= 4 is 55.6 Å². The van der Waals surface area contributed by atoms with Crippen molar-refractivity contribution in [3.8, 4) is 0 Å². The van der Waals surface area contributed by atoms with E-state index in [-0.39, 0.29) is 69.8 Å². The molecule has 2 N–H and O–H groups in total. The fourth-order valence-corrected chi connectivity index (χ4v) is 8.24. The first-order valence-electron chi connectivity index (χ1n) is 28.6. The van der Waals surface area contributed by atoms with Crippen LogP contribution in [0.15, 0.2) is 0 Å². The second kappa shape index (κ2) is 66.7. The van der Waals surface area contributed by atoms with Crippen molar-refractivity contribution in [2.75, 3.05) is 13.2 Å². The third kappa shape index (κ3) is 75.1. The summed E-state index contributed by atoms with van der Waals surface area (Å²) >= 11 is 0. The third-order valence-corrected chi connectivity index (χ3v) is 12.6. The van der Waals surface area contributed by atoms with E-state index in [9.17, 15) is 24.6 Å². The zero-order valence-corrected chi connectivity index (χ0v) is 46.7. The molecule has 0 aromatic heterocycles. The van der Waals surface area contributed by atoms with Crippen molar-refractivity contribution in [2.45, 2.75) is 335 Å². The van der Waals surface area contributed by atoms with E-state index in [0.717, 1.165) is 38.5 Å². The molecule has 0 aromatic rings. The standard InChI is InChI=1S/C21H42O4.2C18H36O2.Ca/c1-2-3-4-5-6-7-8-9-10-11-12-13-14-15-16-17-21(24)25-19-20(23)18-22;2*1-2-3-4-5-6-7-8-9-10-11-12-13-14-15-16-17-18(19)20;/h20,22-23H,2-19H2,1H3;2*2-17H2,1H3,(H,19,20);/q;;;+2/p-2. The molecule has 0 aromatic carbocycles. The second-order valence-electron chi connectivity index (χ2n) is 19.4. The molecular weight excluding hydrogens is 853 g/mol. The van der Waals surface area contributed by atoms with Gasteiger partial charge in [0.25, 0.3) is 0 Å². The van der Waals surface area contributed by atoms with Crippen LogP contribution < -0.4 is 10.2 Å².